The number of rotatable bonds is 3. The molecule has 2 atom stereocenters. The van der Waals surface area contributed by atoms with E-state index >= 15 is 0 Å². The van der Waals surface area contributed by atoms with E-state index in [4.69, 9.17) is 4.74 Å². The SMILES string of the molecule is CCOC(=O)/C=C/[C@H]1OC(=O)C[C@H]1O. The largest absolute Gasteiger partial charge is 0.463 e. The molecular formula is C9H12O5. The van der Waals surface area contributed by atoms with Gasteiger partial charge in [0.05, 0.1) is 13.0 Å². The number of aliphatic hydroxyl groups is 1. The molecule has 5 heteroatoms. The lowest BCUT2D eigenvalue weighted by Gasteiger charge is -2.06. The van der Waals surface area contributed by atoms with Gasteiger partial charge in [-0.3, -0.25) is 4.79 Å². The van der Waals surface area contributed by atoms with E-state index in [0.29, 0.717) is 0 Å². The van der Waals surface area contributed by atoms with E-state index in [9.17, 15) is 14.7 Å². The highest BCUT2D eigenvalue weighted by Gasteiger charge is 2.31. The lowest BCUT2D eigenvalue weighted by atomic mass is 10.2. The minimum atomic E-state index is -0.867. The Morgan fingerprint density at radius 3 is 3.00 bits per heavy atom. The Kier molecular flexibility index (Phi) is 3.64. The third-order valence-corrected chi connectivity index (χ3v) is 1.73. The second-order valence-electron chi connectivity index (χ2n) is 2.84. The Morgan fingerprint density at radius 1 is 1.79 bits per heavy atom. The molecule has 0 bridgehead atoms. The van der Waals surface area contributed by atoms with Gasteiger partial charge in [0.1, 0.15) is 12.2 Å². The quantitative estimate of drug-likeness (QED) is 0.503. The maximum Gasteiger partial charge on any atom is 0.330 e. The molecule has 1 aliphatic rings. The van der Waals surface area contributed by atoms with Crippen LogP contribution in [0.2, 0.25) is 0 Å². The van der Waals surface area contributed by atoms with E-state index in [0.717, 1.165) is 6.08 Å². The molecule has 0 saturated carbocycles. The summed E-state index contributed by atoms with van der Waals surface area (Å²) < 4.78 is 9.33. The fraction of sp³-hybridized carbons (Fsp3) is 0.556. The summed E-state index contributed by atoms with van der Waals surface area (Å²) in [4.78, 5) is 21.6. The van der Waals surface area contributed by atoms with Crippen LogP contribution < -0.4 is 0 Å². The Bertz CT molecular complexity index is 258. The molecule has 0 aromatic heterocycles. The zero-order valence-corrected chi connectivity index (χ0v) is 7.80. The molecule has 1 fully saturated rings. The van der Waals surface area contributed by atoms with Crippen molar-refractivity contribution in [3.05, 3.63) is 12.2 Å². The van der Waals surface area contributed by atoms with Crippen molar-refractivity contribution in [2.45, 2.75) is 25.6 Å². The van der Waals surface area contributed by atoms with Gasteiger partial charge in [-0.2, -0.15) is 0 Å². The average Bonchev–Trinajstić information content (AvgIpc) is 2.42. The molecule has 5 nitrogen and oxygen atoms in total. The van der Waals surface area contributed by atoms with Crippen LogP contribution in [0.4, 0.5) is 0 Å². The summed E-state index contributed by atoms with van der Waals surface area (Å²) in [5, 5.41) is 9.25. The molecule has 0 radical (unpaired) electrons. The van der Waals surface area contributed by atoms with E-state index in [1.165, 1.54) is 6.08 Å². The van der Waals surface area contributed by atoms with E-state index in [2.05, 4.69) is 4.74 Å². The summed E-state index contributed by atoms with van der Waals surface area (Å²) >= 11 is 0. The molecule has 1 rings (SSSR count). The molecule has 1 saturated heterocycles. The van der Waals surface area contributed by atoms with Crippen molar-refractivity contribution >= 4 is 11.9 Å². The van der Waals surface area contributed by atoms with Gasteiger partial charge in [0.2, 0.25) is 0 Å². The first-order valence-corrected chi connectivity index (χ1v) is 4.36. The van der Waals surface area contributed by atoms with Gasteiger partial charge in [-0.05, 0) is 13.0 Å². The van der Waals surface area contributed by atoms with Gasteiger partial charge in [-0.15, -0.1) is 0 Å². The molecular weight excluding hydrogens is 188 g/mol. The minimum Gasteiger partial charge on any atom is -0.463 e. The van der Waals surface area contributed by atoms with Crippen LogP contribution in [0, 0.1) is 0 Å². The van der Waals surface area contributed by atoms with Gasteiger partial charge in [0.25, 0.3) is 0 Å². The third-order valence-electron chi connectivity index (χ3n) is 1.73. The van der Waals surface area contributed by atoms with Crippen molar-refractivity contribution in [2.75, 3.05) is 6.61 Å². The fourth-order valence-corrected chi connectivity index (χ4v) is 1.10. The van der Waals surface area contributed by atoms with Crippen LogP contribution in [0.3, 0.4) is 0 Å². The van der Waals surface area contributed by atoms with Gasteiger partial charge in [0, 0.05) is 6.08 Å². The number of esters is 2. The Labute approximate surface area is 81.3 Å². The smallest absolute Gasteiger partial charge is 0.330 e. The monoisotopic (exact) mass is 200 g/mol. The molecule has 1 heterocycles. The van der Waals surface area contributed by atoms with Crippen LogP contribution in [-0.4, -0.2) is 35.9 Å². The molecule has 0 aromatic rings. The zero-order chi connectivity index (χ0) is 10.6. The lowest BCUT2D eigenvalue weighted by Crippen LogP contribution is -2.18. The number of carbonyl (C=O) groups excluding carboxylic acids is 2. The second kappa shape index (κ2) is 4.76. The van der Waals surface area contributed by atoms with Gasteiger partial charge < -0.3 is 14.6 Å². The lowest BCUT2D eigenvalue weighted by molar-refractivity contribution is -0.141. The molecule has 14 heavy (non-hydrogen) atoms. The summed E-state index contributed by atoms with van der Waals surface area (Å²) in [6, 6.07) is 0. The highest BCUT2D eigenvalue weighted by atomic mass is 16.6. The van der Waals surface area contributed by atoms with Crippen LogP contribution in [-0.2, 0) is 19.1 Å². The van der Waals surface area contributed by atoms with E-state index in [-0.39, 0.29) is 13.0 Å². The van der Waals surface area contributed by atoms with E-state index in [1.54, 1.807) is 6.92 Å². The Hall–Kier alpha value is -1.36. The molecule has 0 aliphatic carbocycles. The van der Waals surface area contributed by atoms with Crippen molar-refractivity contribution in [1.82, 2.24) is 0 Å². The number of carbonyl (C=O) groups is 2. The highest BCUT2D eigenvalue weighted by molar-refractivity contribution is 5.82. The summed E-state index contributed by atoms with van der Waals surface area (Å²) in [5.74, 6) is -0.973. The minimum absolute atomic E-state index is 0.0299. The van der Waals surface area contributed by atoms with Crippen molar-refractivity contribution in [1.29, 1.82) is 0 Å². The first-order valence-electron chi connectivity index (χ1n) is 4.36. The summed E-state index contributed by atoms with van der Waals surface area (Å²) in [6.07, 6.45) is 0.849. The average molecular weight is 200 g/mol. The summed E-state index contributed by atoms with van der Waals surface area (Å²) in [5.41, 5.74) is 0. The number of cyclic esters (lactones) is 1. The first-order chi connectivity index (χ1) is 6.63. The number of hydrogen-bond acceptors (Lipinski definition) is 5. The number of ether oxygens (including phenoxy) is 2. The molecule has 0 spiro atoms. The first kappa shape index (κ1) is 10.7. The van der Waals surface area contributed by atoms with E-state index in [1.807, 2.05) is 0 Å². The van der Waals surface area contributed by atoms with Crippen molar-refractivity contribution < 1.29 is 24.2 Å². The normalized spacial score (nSPS) is 26.6. The predicted octanol–water partition coefficient (Wildman–Crippen LogP) is -0.218. The maximum absolute atomic E-state index is 10.9. The van der Waals surface area contributed by atoms with Crippen LogP contribution in [0.25, 0.3) is 0 Å². The topological polar surface area (TPSA) is 72.8 Å². The Balaban J connectivity index is 2.44. The zero-order valence-electron chi connectivity index (χ0n) is 7.80. The van der Waals surface area contributed by atoms with Gasteiger partial charge in [-0.1, -0.05) is 0 Å². The van der Waals surface area contributed by atoms with Crippen molar-refractivity contribution in [3.63, 3.8) is 0 Å². The van der Waals surface area contributed by atoms with Crippen LogP contribution in [0.5, 0.6) is 0 Å². The molecule has 0 unspecified atom stereocenters. The molecule has 78 valence electrons. The third kappa shape index (κ3) is 2.85. The molecule has 1 aliphatic heterocycles. The predicted molar refractivity (Wildman–Crippen MR) is 46.3 cm³/mol. The molecule has 0 aromatic carbocycles. The fourth-order valence-electron chi connectivity index (χ4n) is 1.10. The van der Waals surface area contributed by atoms with E-state index < -0.39 is 24.1 Å². The van der Waals surface area contributed by atoms with Crippen molar-refractivity contribution in [2.24, 2.45) is 0 Å². The Morgan fingerprint density at radius 2 is 2.50 bits per heavy atom. The number of hydrogen-bond donors (Lipinski definition) is 1. The maximum atomic E-state index is 10.9. The molecule has 0 amide bonds. The van der Waals surface area contributed by atoms with Crippen LogP contribution in [0.15, 0.2) is 12.2 Å². The van der Waals surface area contributed by atoms with Gasteiger partial charge in [-0.25, -0.2) is 4.79 Å². The number of aliphatic hydroxyl groups excluding tert-OH is 1. The summed E-state index contributed by atoms with van der Waals surface area (Å²) in [6.45, 7) is 1.98. The summed E-state index contributed by atoms with van der Waals surface area (Å²) in [7, 11) is 0. The van der Waals surface area contributed by atoms with Crippen molar-refractivity contribution in [3.8, 4) is 0 Å². The van der Waals surface area contributed by atoms with Crippen LogP contribution in [0.1, 0.15) is 13.3 Å². The highest BCUT2D eigenvalue weighted by Crippen LogP contribution is 2.15. The van der Waals surface area contributed by atoms with Gasteiger partial charge in [0.15, 0.2) is 0 Å². The standard InChI is InChI=1S/C9H12O5/c1-2-13-8(11)4-3-7-6(10)5-9(12)14-7/h3-4,6-7,10H,2,5H2,1H3/b4-3+/t6-,7-/m1/s1. The second-order valence-corrected chi connectivity index (χ2v) is 2.84. The van der Waals surface area contributed by atoms with Crippen LogP contribution >= 0.6 is 0 Å². The van der Waals surface area contributed by atoms with Gasteiger partial charge >= 0.3 is 11.9 Å². The molecule has 1 N–H and O–H groups in total.